The minimum Gasteiger partial charge on any atom is -0.493 e. The highest BCUT2D eigenvalue weighted by atomic mass is 16.5. The van der Waals surface area contributed by atoms with Crippen molar-refractivity contribution in [2.24, 2.45) is 0 Å². The summed E-state index contributed by atoms with van der Waals surface area (Å²) in [6.45, 7) is 0.420. The van der Waals surface area contributed by atoms with Gasteiger partial charge in [-0.25, -0.2) is 0 Å². The third-order valence-corrected chi connectivity index (χ3v) is 6.39. The fourth-order valence-corrected chi connectivity index (χ4v) is 4.04. The third-order valence-electron chi connectivity index (χ3n) is 6.39. The summed E-state index contributed by atoms with van der Waals surface area (Å²) in [6, 6.07) is 23.2. The Morgan fingerprint density at radius 2 is 1.76 bits per heavy atom. The first kappa shape index (κ1) is 26.9. The van der Waals surface area contributed by atoms with Gasteiger partial charge in [0.05, 0.1) is 13.2 Å². The van der Waals surface area contributed by atoms with Crippen LogP contribution in [0.2, 0.25) is 0 Å². The Bertz CT molecular complexity index is 1260. The topological polar surface area (TPSA) is 90.9 Å². The molecule has 2 amide bonds. The highest BCUT2D eigenvalue weighted by Gasteiger charge is 2.23. The van der Waals surface area contributed by atoms with Crippen LogP contribution >= 0.6 is 0 Å². The first-order valence-electron chi connectivity index (χ1n) is 12.9. The second kappa shape index (κ2) is 12.9. The molecule has 3 aromatic carbocycles. The first-order valence-corrected chi connectivity index (χ1v) is 12.9. The zero-order valence-corrected chi connectivity index (χ0v) is 21.9. The summed E-state index contributed by atoms with van der Waals surface area (Å²) in [5.74, 6) is 0.438. The largest absolute Gasteiger partial charge is 0.493 e. The van der Waals surface area contributed by atoms with E-state index in [1.807, 2.05) is 32.3 Å². The maximum atomic E-state index is 12.9. The van der Waals surface area contributed by atoms with Crippen LogP contribution in [0, 0.1) is 0 Å². The lowest BCUT2D eigenvalue weighted by atomic mass is 10.1. The lowest BCUT2D eigenvalue weighted by Crippen LogP contribution is -2.36. The van der Waals surface area contributed by atoms with E-state index < -0.39 is 11.8 Å². The predicted octanol–water partition coefficient (Wildman–Crippen LogP) is 4.13. The van der Waals surface area contributed by atoms with Crippen LogP contribution in [0.5, 0.6) is 5.75 Å². The molecule has 0 spiro atoms. The minimum absolute atomic E-state index is 0.0954. The molecule has 1 saturated carbocycles. The molecule has 3 aromatic rings. The maximum absolute atomic E-state index is 12.9. The standard InChI is InChI=1S/C31H35N3O4/c1-34(2)27-5-3-4-22(20-27)16-19-38-28-14-12-26(13-15-28)30(36)33-29(31(37)32-17-18-35)21-23-6-8-24(9-7-23)25-10-11-25/h3-9,12-15,20-21,25,35H,10-11,16-19H2,1-2H3,(H,32,37)(H,33,36). The molecular formula is C31H35N3O4. The fraction of sp³-hybridized carbons (Fsp3) is 0.290. The first-order chi connectivity index (χ1) is 18.4. The van der Waals surface area contributed by atoms with Gasteiger partial charge in [-0.15, -0.1) is 0 Å². The fourth-order valence-electron chi connectivity index (χ4n) is 4.04. The molecular weight excluding hydrogens is 478 g/mol. The number of aliphatic hydroxyl groups excluding tert-OH is 1. The summed E-state index contributed by atoms with van der Waals surface area (Å²) < 4.78 is 5.87. The van der Waals surface area contributed by atoms with Gasteiger partial charge in [-0.2, -0.15) is 0 Å². The quantitative estimate of drug-likeness (QED) is 0.317. The second-order valence-electron chi connectivity index (χ2n) is 9.62. The molecule has 1 aliphatic carbocycles. The van der Waals surface area contributed by atoms with Crippen molar-refractivity contribution in [2.45, 2.75) is 25.2 Å². The lowest BCUT2D eigenvalue weighted by Gasteiger charge is -2.14. The Morgan fingerprint density at radius 1 is 1.03 bits per heavy atom. The lowest BCUT2D eigenvalue weighted by molar-refractivity contribution is -0.117. The van der Waals surface area contributed by atoms with Crippen molar-refractivity contribution in [3.05, 3.63) is 101 Å². The van der Waals surface area contributed by atoms with Crippen molar-refractivity contribution >= 4 is 23.6 Å². The molecule has 7 nitrogen and oxygen atoms in total. The van der Waals surface area contributed by atoms with Crippen LogP contribution in [0.4, 0.5) is 5.69 Å². The van der Waals surface area contributed by atoms with E-state index in [9.17, 15) is 9.59 Å². The highest BCUT2D eigenvalue weighted by molar-refractivity contribution is 6.05. The number of nitrogens with zero attached hydrogens (tertiary/aromatic N) is 1. The van der Waals surface area contributed by atoms with Crippen LogP contribution < -0.4 is 20.3 Å². The van der Waals surface area contributed by atoms with E-state index in [0.717, 1.165) is 17.7 Å². The summed E-state index contributed by atoms with van der Waals surface area (Å²) in [7, 11) is 4.03. The molecule has 0 aromatic heterocycles. The van der Waals surface area contributed by atoms with Crippen molar-refractivity contribution in [1.82, 2.24) is 10.6 Å². The molecule has 0 bridgehead atoms. The zero-order chi connectivity index (χ0) is 26.9. The van der Waals surface area contributed by atoms with Gasteiger partial charge in [0.25, 0.3) is 11.8 Å². The van der Waals surface area contributed by atoms with Gasteiger partial charge in [0.1, 0.15) is 11.4 Å². The summed E-state index contributed by atoms with van der Waals surface area (Å²) in [4.78, 5) is 27.7. The van der Waals surface area contributed by atoms with E-state index >= 15 is 0 Å². The smallest absolute Gasteiger partial charge is 0.267 e. The number of amides is 2. The second-order valence-corrected chi connectivity index (χ2v) is 9.62. The van der Waals surface area contributed by atoms with Crippen molar-refractivity contribution in [1.29, 1.82) is 0 Å². The van der Waals surface area contributed by atoms with E-state index in [2.05, 4.69) is 45.9 Å². The average Bonchev–Trinajstić information content (AvgIpc) is 3.78. The molecule has 0 atom stereocenters. The summed E-state index contributed by atoms with van der Waals surface area (Å²) in [6.07, 6.45) is 4.84. The van der Waals surface area contributed by atoms with Gasteiger partial charge in [0, 0.05) is 38.3 Å². The average molecular weight is 514 g/mol. The number of aliphatic hydroxyl groups is 1. The number of ether oxygens (including phenoxy) is 1. The van der Waals surface area contributed by atoms with E-state index in [4.69, 9.17) is 9.84 Å². The highest BCUT2D eigenvalue weighted by Crippen LogP contribution is 2.39. The predicted molar refractivity (Wildman–Crippen MR) is 150 cm³/mol. The van der Waals surface area contributed by atoms with Gasteiger partial charge in [0.2, 0.25) is 0 Å². The number of benzene rings is 3. The van der Waals surface area contributed by atoms with Crippen LogP contribution in [0.3, 0.4) is 0 Å². The van der Waals surface area contributed by atoms with E-state index in [1.54, 1.807) is 30.3 Å². The summed E-state index contributed by atoms with van der Waals surface area (Å²) in [5.41, 5.74) is 4.95. The Balaban J connectivity index is 1.37. The number of nitrogens with one attached hydrogen (secondary N) is 2. The van der Waals surface area contributed by atoms with Crippen molar-refractivity contribution < 1.29 is 19.4 Å². The van der Waals surface area contributed by atoms with E-state index in [0.29, 0.717) is 23.8 Å². The van der Waals surface area contributed by atoms with Crippen LogP contribution in [-0.2, 0) is 11.2 Å². The van der Waals surface area contributed by atoms with Crippen molar-refractivity contribution in [3.8, 4) is 5.75 Å². The molecule has 4 rings (SSSR count). The number of hydrogen-bond donors (Lipinski definition) is 3. The molecule has 0 heterocycles. The summed E-state index contributed by atoms with van der Waals surface area (Å²) in [5, 5.41) is 14.4. The number of carbonyl (C=O) groups is 2. The van der Waals surface area contributed by atoms with Crippen LogP contribution in [0.15, 0.2) is 78.5 Å². The Hall–Kier alpha value is -4.10. The molecule has 38 heavy (non-hydrogen) atoms. The summed E-state index contributed by atoms with van der Waals surface area (Å²) >= 11 is 0. The van der Waals surface area contributed by atoms with E-state index in [-0.39, 0.29) is 18.8 Å². The molecule has 198 valence electrons. The molecule has 3 N–H and O–H groups in total. The number of hydrogen-bond acceptors (Lipinski definition) is 5. The van der Waals surface area contributed by atoms with Crippen molar-refractivity contribution in [3.63, 3.8) is 0 Å². The number of anilines is 1. The monoisotopic (exact) mass is 513 g/mol. The third kappa shape index (κ3) is 7.70. The molecule has 1 fully saturated rings. The van der Waals surface area contributed by atoms with Gasteiger partial charge in [0.15, 0.2) is 0 Å². The molecule has 0 radical (unpaired) electrons. The van der Waals surface area contributed by atoms with Crippen LogP contribution in [-0.4, -0.2) is 50.8 Å². The van der Waals surface area contributed by atoms with Crippen LogP contribution in [0.1, 0.15) is 45.8 Å². The number of rotatable bonds is 12. The molecule has 1 aliphatic rings. The van der Waals surface area contributed by atoms with Gasteiger partial charge < -0.3 is 25.4 Å². The normalized spacial score (nSPS) is 13.1. The van der Waals surface area contributed by atoms with Gasteiger partial charge in [-0.3, -0.25) is 9.59 Å². The Labute approximate surface area is 224 Å². The Kier molecular flexibility index (Phi) is 9.16. The maximum Gasteiger partial charge on any atom is 0.267 e. The zero-order valence-electron chi connectivity index (χ0n) is 21.9. The minimum atomic E-state index is -0.461. The van der Waals surface area contributed by atoms with Crippen molar-refractivity contribution in [2.75, 3.05) is 38.8 Å². The van der Waals surface area contributed by atoms with Crippen LogP contribution in [0.25, 0.3) is 6.08 Å². The molecule has 7 heteroatoms. The molecule has 0 unspecified atom stereocenters. The van der Waals surface area contributed by atoms with E-state index in [1.165, 1.54) is 24.0 Å². The Morgan fingerprint density at radius 3 is 2.42 bits per heavy atom. The van der Waals surface area contributed by atoms with Gasteiger partial charge in [-0.1, -0.05) is 36.4 Å². The number of carbonyl (C=O) groups excluding carboxylic acids is 2. The van der Waals surface area contributed by atoms with Gasteiger partial charge in [-0.05, 0) is 77.9 Å². The SMILES string of the molecule is CN(C)c1cccc(CCOc2ccc(C(=O)NC(=Cc3ccc(C4CC4)cc3)C(=O)NCCO)cc2)c1. The molecule has 0 aliphatic heterocycles. The van der Waals surface area contributed by atoms with Gasteiger partial charge >= 0.3 is 0 Å². The molecule has 0 saturated heterocycles.